The number of esters is 1. The third kappa shape index (κ3) is 4.71. The third-order valence-electron chi connectivity index (χ3n) is 4.76. The van der Waals surface area contributed by atoms with Gasteiger partial charge in [0.15, 0.2) is 6.10 Å². The molecular formula is C22H24N4O4. The molecule has 3 aromatic rings. The first-order valence-electron chi connectivity index (χ1n) is 9.67. The van der Waals surface area contributed by atoms with Crippen LogP contribution in [0.1, 0.15) is 30.0 Å². The average molecular weight is 408 g/mol. The fourth-order valence-corrected chi connectivity index (χ4v) is 3.28. The van der Waals surface area contributed by atoms with Gasteiger partial charge in [0.25, 0.3) is 11.5 Å². The first-order chi connectivity index (χ1) is 14.3. The Morgan fingerprint density at radius 1 is 1.13 bits per heavy atom. The summed E-state index contributed by atoms with van der Waals surface area (Å²) in [4.78, 5) is 37.0. The van der Waals surface area contributed by atoms with Gasteiger partial charge in [-0.05, 0) is 51.0 Å². The quantitative estimate of drug-likeness (QED) is 0.629. The zero-order valence-electron chi connectivity index (χ0n) is 17.4. The highest BCUT2D eigenvalue weighted by Crippen LogP contribution is 2.22. The number of carbonyl (C=O) groups excluding carboxylic acids is 2. The van der Waals surface area contributed by atoms with E-state index in [1.54, 1.807) is 24.3 Å². The van der Waals surface area contributed by atoms with Gasteiger partial charge in [0.05, 0.1) is 18.4 Å². The molecule has 0 radical (unpaired) electrons. The Morgan fingerprint density at radius 2 is 1.80 bits per heavy atom. The number of hydrogen-bond acceptors (Lipinski definition) is 6. The number of amides is 1. The van der Waals surface area contributed by atoms with Crippen LogP contribution < -0.4 is 10.9 Å². The second-order valence-electron chi connectivity index (χ2n) is 7.28. The van der Waals surface area contributed by atoms with Crippen LogP contribution in [0.4, 0.5) is 5.69 Å². The lowest BCUT2D eigenvalue weighted by Gasteiger charge is -2.17. The lowest BCUT2D eigenvalue weighted by atomic mass is 10.0. The largest absolute Gasteiger partial charge is 0.452 e. The van der Waals surface area contributed by atoms with Crippen LogP contribution in [0, 0.1) is 20.8 Å². The SMILES string of the molecule is Cc1cc(C)c(NC(=O)C(C)OC(=O)CCn2nnc3ccccc3c2=O)c(C)c1. The van der Waals surface area contributed by atoms with Crippen molar-refractivity contribution in [3.05, 3.63) is 63.4 Å². The fraction of sp³-hybridized carbons (Fsp3) is 0.318. The minimum absolute atomic E-state index is 0.0139. The molecule has 0 spiro atoms. The summed E-state index contributed by atoms with van der Waals surface area (Å²) in [6, 6.07) is 10.8. The number of aromatic nitrogens is 3. The molecule has 3 rings (SSSR count). The lowest BCUT2D eigenvalue weighted by molar-refractivity contribution is -0.153. The number of rotatable bonds is 6. The van der Waals surface area contributed by atoms with Crippen LogP contribution in [0.2, 0.25) is 0 Å². The molecule has 1 atom stereocenters. The summed E-state index contributed by atoms with van der Waals surface area (Å²) in [6.07, 6.45) is -1.08. The molecule has 1 aromatic heterocycles. The highest BCUT2D eigenvalue weighted by Gasteiger charge is 2.19. The Bertz CT molecular complexity index is 1150. The number of hydrogen-bond donors (Lipinski definition) is 1. The number of carbonyl (C=O) groups is 2. The third-order valence-corrected chi connectivity index (χ3v) is 4.76. The van der Waals surface area contributed by atoms with Crippen molar-refractivity contribution in [3.63, 3.8) is 0 Å². The fourth-order valence-electron chi connectivity index (χ4n) is 3.28. The van der Waals surface area contributed by atoms with Crippen LogP contribution in [0.5, 0.6) is 0 Å². The second kappa shape index (κ2) is 8.86. The summed E-state index contributed by atoms with van der Waals surface area (Å²) in [7, 11) is 0. The van der Waals surface area contributed by atoms with Crippen molar-refractivity contribution in [2.24, 2.45) is 0 Å². The summed E-state index contributed by atoms with van der Waals surface area (Å²) in [5, 5.41) is 11.1. The summed E-state index contributed by atoms with van der Waals surface area (Å²) < 4.78 is 6.34. The van der Waals surface area contributed by atoms with Gasteiger partial charge in [-0.2, -0.15) is 0 Å². The van der Waals surface area contributed by atoms with Crippen molar-refractivity contribution in [1.82, 2.24) is 15.0 Å². The first kappa shape index (κ1) is 21.2. The maximum Gasteiger partial charge on any atom is 0.308 e. The van der Waals surface area contributed by atoms with Gasteiger partial charge in [0.2, 0.25) is 0 Å². The van der Waals surface area contributed by atoms with Crippen LogP contribution in [-0.4, -0.2) is 33.0 Å². The topological polar surface area (TPSA) is 103 Å². The molecule has 0 aliphatic rings. The van der Waals surface area contributed by atoms with E-state index in [1.807, 2.05) is 32.9 Å². The number of benzene rings is 2. The monoisotopic (exact) mass is 408 g/mol. The molecule has 2 aromatic carbocycles. The molecule has 0 aliphatic carbocycles. The van der Waals surface area contributed by atoms with E-state index >= 15 is 0 Å². The predicted molar refractivity (Wildman–Crippen MR) is 113 cm³/mol. The van der Waals surface area contributed by atoms with Crippen molar-refractivity contribution in [2.75, 3.05) is 5.32 Å². The van der Waals surface area contributed by atoms with E-state index in [0.29, 0.717) is 16.6 Å². The number of aryl methyl sites for hydroxylation is 4. The summed E-state index contributed by atoms with van der Waals surface area (Å²) in [5.74, 6) is -1.02. The van der Waals surface area contributed by atoms with Gasteiger partial charge in [-0.25, -0.2) is 4.68 Å². The molecule has 0 saturated heterocycles. The zero-order chi connectivity index (χ0) is 21.8. The molecule has 8 heteroatoms. The van der Waals surface area contributed by atoms with Gasteiger partial charge >= 0.3 is 5.97 Å². The van der Waals surface area contributed by atoms with Crippen molar-refractivity contribution >= 4 is 28.5 Å². The zero-order valence-corrected chi connectivity index (χ0v) is 17.4. The van der Waals surface area contributed by atoms with Gasteiger partial charge in [0.1, 0.15) is 5.52 Å². The average Bonchev–Trinajstić information content (AvgIpc) is 2.70. The van der Waals surface area contributed by atoms with Crippen LogP contribution >= 0.6 is 0 Å². The van der Waals surface area contributed by atoms with E-state index in [0.717, 1.165) is 21.4 Å². The van der Waals surface area contributed by atoms with E-state index in [2.05, 4.69) is 15.6 Å². The molecule has 0 bridgehead atoms. The number of anilines is 1. The van der Waals surface area contributed by atoms with E-state index in [9.17, 15) is 14.4 Å². The Labute approximate surface area is 173 Å². The maximum absolute atomic E-state index is 12.4. The predicted octanol–water partition coefficient (Wildman–Crippen LogP) is 2.68. The Kier molecular flexibility index (Phi) is 6.25. The second-order valence-corrected chi connectivity index (χ2v) is 7.28. The standard InChI is InChI=1S/C22H24N4O4/c1-13-11-14(2)20(15(3)12-13)23-21(28)16(4)30-19(27)9-10-26-22(29)17-7-5-6-8-18(17)24-25-26/h5-8,11-12,16H,9-10H2,1-4H3,(H,23,28). The van der Waals surface area contributed by atoms with Crippen LogP contribution in [0.3, 0.4) is 0 Å². The smallest absolute Gasteiger partial charge is 0.308 e. The Balaban J connectivity index is 1.59. The highest BCUT2D eigenvalue weighted by molar-refractivity contribution is 5.96. The minimum atomic E-state index is -0.975. The van der Waals surface area contributed by atoms with Crippen LogP contribution in [-0.2, 0) is 20.9 Å². The first-order valence-corrected chi connectivity index (χ1v) is 9.67. The van der Waals surface area contributed by atoms with Gasteiger partial charge in [0, 0.05) is 5.69 Å². The van der Waals surface area contributed by atoms with Crippen molar-refractivity contribution in [3.8, 4) is 0 Å². The molecule has 156 valence electrons. The van der Waals surface area contributed by atoms with Gasteiger partial charge < -0.3 is 10.1 Å². The Hall–Kier alpha value is -3.55. The summed E-state index contributed by atoms with van der Waals surface area (Å²) in [6.45, 7) is 7.33. The molecule has 0 saturated carbocycles. The molecule has 0 aliphatic heterocycles. The van der Waals surface area contributed by atoms with Crippen LogP contribution in [0.15, 0.2) is 41.2 Å². The van der Waals surface area contributed by atoms with E-state index < -0.39 is 18.0 Å². The van der Waals surface area contributed by atoms with Crippen molar-refractivity contribution in [2.45, 2.75) is 46.8 Å². The number of nitrogens with one attached hydrogen (secondary N) is 1. The number of nitrogens with zero attached hydrogens (tertiary/aromatic N) is 3. The van der Waals surface area contributed by atoms with E-state index in [1.165, 1.54) is 6.92 Å². The summed E-state index contributed by atoms with van der Waals surface area (Å²) in [5.41, 5.74) is 3.86. The molecule has 30 heavy (non-hydrogen) atoms. The molecule has 1 N–H and O–H groups in total. The Morgan fingerprint density at radius 3 is 2.50 bits per heavy atom. The van der Waals surface area contributed by atoms with E-state index in [-0.39, 0.29) is 18.5 Å². The molecular weight excluding hydrogens is 384 g/mol. The molecule has 1 amide bonds. The van der Waals surface area contributed by atoms with Crippen LogP contribution in [0.25, 0.3) is 10.9 Å². The van der Waals surface area contributed by atoms with Crippen molar-refractivity contribution in [1.29, 1.82) is 0 Å². The lowest BCUT2D eigenvalue weighted by Crippen LogP contribution is -2.31. The van der Waals surface area contributed by atoms with Gasteiger partial charge in [-0.15, -0.1) is 5.10 Å². The minimum Gasteiger partial charge on any atom is -0.452 e. The molecule has 0 fully saturated rings. The highest BCUT2D eigenvalue weighted by atomic mass is 16.5. The molecule has 8 nitrogen and oxygen atoms in total. The number of fused-ring (bicyclic) bond motifs is 1. The van der Waals surface area contributed by atoms with Gasteiger partial charge in [-0.3, -0.25) is 14.4 Å². The number of ether oxygens (including phenoxy) is 1. The summed E-state index contributed by atoms with van der Waals surface area (Å²) >= 11 is 0. The normalized spacial score (nSPS) is 11.9. The maximum atomic E-state index is 12.4. The van der Waals surface area contributed by atoms with Gasteiger partial charge in [-0.1, -0.05) is 35.0 Å². The van der Waals surface area contributed by atoms with E-state index in [4.69, 9.17) is 4.74 Å². The molecule has 1 heterocycles. The molecule has 1 unspecified atom stereocenters. The van der Waals surface area contributed by atoms with Crippen molar-refractivity contribution < 1.29 is 14.3 Å².